The van der Waals surface area contributed by atoms with Gasteiger partial charge >= 0.3 is 12.0 Å². The smallest absolute Gasteiger partial charge is 0.326 e. The van der Waals surface area contributed by atoms with Gasteiger partial charge in [-0.2, -0.15) is 0 Å². The van der Waals surface area contributed by atoms with E-state index in [0.29, 0.717) is 17.7 Å². The van der Waals surface area contributed by atoms with Crippen LogP contribution >= 0.6 is 0 Å². The molecule has 8 heteroatoms. The highest BCUT2D eigenvalue weighted by Gasteiger charge is 2.57. The van der Waals surface area contributed by atoms with E-state index in [1.54, 1.807) is 42.7 Å². The number of pyridine rings is 1. The molecule has 2 atom stereocenters. The van der Waals surface area contributed by atoms with E-state index in [0.717, 1.165) is 5.56 Å². The van der Waals surface area contributed by atoms with Crippen LogP contribution in [0.3, 0.4) is 0 Å². The molecule has 2 aromatic rings. The molecule has 3 rings (SSSR count). The third-order valence-corrected chi connectivity index (χ3v) is 4.45. The predicted molar refractivity (Wildman–Crippen MR) is 94.9 cm³/mol. The molecule has 2 amide bonds. The SMILES string of the molecule is O=C(Nc1cccc(C2CC2(F)F)c1)NC(CCc1ccncc1)C(=O)O. The van der Waals surface area contributed by atoms with E-state index in [1.165, 1.54) is 6.07 Å². The zero-order chi connectivity index (χ0) is 19.4. The monoisotopic (exact) mass is 375 g/mol. The molecule has 1 heterocycles. The summed E-state index contributed by atoms with van der Waals surface area (Å²) >= 11 is 0. The number of nitrogens with one attached hydrogen (secondary N) is 2. The Labute approximate surface area is 154 Å². The van der Waals surface area contributed by atoms with Gasteiger partial charge < -0.3 is 15.7 Å². The number of aromatic nitrogens is 1. The third-order valence-electron chi connectivity index (χ3n) is 4.45. The zero-order valence-corrected chi connectivity index (χ0v) is 14.4. The van der Waals surface area contributed by atoms with Gasteiger partial charge in [0.1, 0.15) is 6.04 Å². The van der Waals surface area contributed by atoms with Crippen LogP contribution in [-0.2, 0) is 11.2 Å². The first-order valence-corrected chi connectivity index (χ1v) is 8.52. The van der Waals surface area contributed by atoms with E-state index >= 15 is 0 Å². The second-order valence-corrected chi connectivity index (χ2v) is 6.53. The largest absolute Gasteiger partial charge is 0.480 e. The molecule has 0 bridgehead atoms. The number of aryl methyl sites for hydroxylation is 1. The lowest BCUT2D eigenvalue weighted by atomic mass is 10.1. The molecule has 0 radical (unpaired) electrons. The first-order chi connectivity index (χ1) is 12.8. The van der Waals surface area contributed by atoms with E-state index in [-0.39, 0.29) is 12.8 Å². The summed E-state index contributed by atoms with van der Waals surface area (Å²) < 4.78 is 26.4. The van der Waals surface area contributed by atoms with Gasteiger partial charge in [-0.3, -0.25) is 4.98 Å². The number of rotatable bonds is 7. The van der Waals surface area contributed by atoms with Gasteiger partial charge in [-0.25, -0.2) is 18.4 Å². The summed E-state index contributed by atoms with van der Waals surface area (Å²) in [4.78, 5) is 27.4. The Balaban J connectivity index is 1.56. The Morgan fingerprint density at radius 2 is 1.96 bits per heavy atom. The number of hydrogen-bond acceptors (Lipinski definition) is 3. The van der Waals surface area contributed by atoms with Gasteiger partial charge in [0.25, 0.3) is 5.92 Å². The summed E-state index contributed by atoms with van der Waals surface area (Å²) in [6.45, 7) is 0. The molecule has 1 aromatic carbocycles. The van der Waals surface area contributed by atoms with E-state index in [4.69, 9.17) is 0 Å². The summed E-state index contributed by atoms with van der Waals surface area (Å²) in [5.41, 5.74) is 1.70. The molecule has 1 saturated carbocycles. The summed E-state index contributed by atoms with van der Waals surface area (Å²) in [7, 11) is 0. The van der Waals surface area contributed by atoms with E-state index in [9.17, 15) is 23.5 Å². The van der Waals surface area contributed by atoms with Crippen molar-refractivity contribution in [2.75, 3.05) is 5.32 Å². The van der Waals surface area contributed by atoms with Crippen LogP contribution < -0.4 is 10.6 Å². The second kappa shape index (κ2) is 7.69. The molecule has 142 valence electrons. The zero-order valence-electron chi connectivity index (χ0n) is 14.4. The van der Waals surface area contributed by atoms with E-state index < -0.39 is 29.9 Å². The van der Waals surface area contributed by atoms with Gasteiger partial charge in [-0.05, 0) is 48.2 Å². The van der Waals surface area contributed by atoms with Crippen LogP contribution in [0.15, 0.2) is 48.8 Å². The minimum atomic E-state index is -2.69. The highest BCUT2D eigenvalue weighted by molar-refractivity contribution is 5.92. The number of halogens is 2. The lowest BCUT2D eigenvalue weighted by Gasteiger charge is -2.15. The Hall–Kier alpha value is -3.03. The number of aliphatic carboxylic acids is 1. The van der Waals surface area contributed by atoms with Gasteiger partial charge in [0.05, 0.1) is 5.92 Å². The molecule has 1 fully saturated rings. The van der Waals surface area contributed by atoms with Crippen LogP contribution in [0.2, 0.25) is 0 Å². The highest BCUT2D eigenvalue weighted by atomic mass is 19.3. The van der Waals surface area contributed by atoms with Crippen molar-refractivity contribution in [3.8, 4) is 0 Å². The first kappa shape index (κ1) is 18.8. The molecule has 2 unspecified atom stereocenters. The van der Waals surface area contributed by atoms with Crippen molar-refractivity contribution in [1.29, 1.82) is 0 Å². The lowest BCUT2D eigenvalue weighted by molar-refractivity contribution is -0.139. The number of nitrogens with zero attached hydrogens (tertiary/aromatic N) is 1. The number of carboxylic acids is 1. The Morgan fingerprint density at radius 1 is 1.26 bits per heavy atom. The molecule has 0 spiro atoms. The minimum absolute atomic E-state index is 0.196. The number of carbonyl (C=O) groups is 2. The van der Waals surface area contributed by atoms with Crippen LogP contribution in [0.4, 0.5) is 19.3 Å². The van der Waals surface area contributed by atoms with Gasteiger partial charge in [0, 0.05) is 24.5 Å². The molecule has 1 aliphatic rings. The van der Waals surface area contributed by atoms with Crippen LogP contribution in [0.5, 0.6) is 0 Å². The van der Waals surface area contributed by atoms with Crippen molar-refractivity contribution in [2.45, 2.75) is 37.1 Å². The quantitative estimate of drug-likeness (QED) is 0.692. The molecule has 0 saturated heterocycles. The molecule has 27 heavy (non-hydrogen) atoms. The number of benzene rings is 1. The van der Waals surface area contributed by atoms with Crippen molar-refractivity contribution >= 4 is 17.7 Å². The average Bonchev–Trinajstić information content (AvgIpc) is 3.28. The van der Waals surface area contributed by atoms with Crippen molar-refractivity contribution in [1.82, 2.24) is 10.3 Å². The maximum Gasteiger partial charge on any atom is 0.326 e. The second-order valence-electron chi connectivity index (χ2n) is 6.53. The fourth-order valence-corrected chi connectivity index (χ4v) is 2.85. The normalized spacial score (nSPS) is 18.4. The number of hydrogen-bond donors (Lipinski definition) is 3. The van der Waals surface area contributed by atoms with Gasteiger partial charge in [0.2, 0.25) is 0 Å². The maximum atomic E-state index is 13.2. The number of amides is 2. The summed E-state index contributed by atoms with van der Waals surface area (Å²) in [6, 6.07) is 8.00. The van der Waals surface area contributed by atoms with E-state index in [2.05, 4.69) is 15.6 Å². The highest BCUT2D eigenvalue weighted by Crippen LogP contribution is 2.55. The molecule has 6 nitrogen and oxygen atoms in total. The summed E-state index contributed by atoms with van der Waals surface area (Å²) in [5.74, 6) is -4.66. The number of anilines is 1. The average molecular weight is 375 g/mol. The molecular formula is C19H19F2N3O3. The Morgan fingerprint density at radius 3 is 2.59 bits per heavy atom. The fraction of sp³-hybridized carbons (Fsp3) is 0.316. The molecular weight excluding hydrogens is 356 g/mol. The van der Waals surface area contributed by atoms with Crippen molar-refractivity contribution in [3.63, 3.8) is 0 Å². The van der Waals surface area contributed by atoms with E-state index in [1.807, 2.05) is 0 Å². The molecule has 3 N–H and O–H groups in total. The maximum absolute atomic E-state index is 13.2. The molecule has 0 aliphatic heterocycles. The standard InChI is InChI=1S/C19H19F2N3O3/c20-19(21)11-15(19)13-2-1-3-14(10-13)23-18(27)24-16(17(25)26)5-4-12-6-8-22-9-7-12/h1-3,6-10,15-16H,4-5,11H2,(H,25,26)(H2,23,24,27). The van der Waals surface area contributed by atoms with Crippen molar-refractivity contribution < 1.29 is 23.5 Å². The van der Waals surface area contributed by atoms with Crippen LogP contribution in [0, 0.1) is 0 Å². The number of urea groups is 1. The summed E-state index contributed by atoms with van der Waals surface area (Å²) in [6.07, 6.45) is 3.70. The summed E-state index contributed by atoms with van der Waals surface area (Å²) in [5, 5.41) is 14.2. The first-order valence-electron chi connectivity index (χ1n) is 8.52. The Bertz CT molecular complexity index is 830. The minimum Gasteiger partial charge on any atom is -0.480 e. The number of alkyl halides is 2. The van der Waals surface area contributed by atoms with Gasteiger partial charge in [-0.1, -0.05) is 12.1 Å². The van der Waals surface area contributed by atoms with Gasteiger partial charge in [0.15, 0.2) is 0 Å². The third kappa shape index (κ3) is 4.99. The van der Waals surface area contributed by atoms with Gasteiger partial charge in [-0.15, -0.1) is 0 Å². The Kier molecular flexibility index (Phi) is 5.34. The fourth-order valence-electron chi connectivity index (χ4n) is 2.85. The molecule has 1 aromatic heterocycles. The van der Waals surface area contributed by atoms with Crippen molar-refractivity contribution in [3.05, 3.63) is 59.9 Å². The molecule has 1 aliphatic carbocycles. The van der Waals surface area contributed by atoms with Crippen LogP contribution in [0.1, 0.15) is 29.9 Å². The topological polar surface area (TPSA) is 91.3 Å². The predicted octanol–water partition coefficient (Wildman–Crippen LogP) is 3.41. The number of carbonyl (C=O) groups excluding carboxylic acids is 1. The van der Waals surface area contributed by atoms with Crippen LogP contribution in [-0.4, -0.2) is 34.1 Å². The number of carboxylic acid groups (broad SMARTS) is 1. The van der Waals surface area contributed by atoms with Crippen LogP contribution in [0.25, 0.3) is 0 Å². The lowest BCUT2D eigenvalue weighted by Crippen LogP contribution is -2.43. The van der Waals surface area contributed by atoms with Crippen molar-refractivity contribution in [2.24, 2.45) is 0 Å².